The van der Waals surface area contributed by atoms with Gasteiger partial charge >= 0.3 is 0 Å². The molecule has 0 aliphatic carbocycles. The maximum atomic E-state index is 12.1. The van der Waals surface area contributed by atoms with E-state index in [-0.39, 0.29) is 11.9 Å². The molecule has 0 saturated carbocycles. The van der Waals surface area contributed by atoms with Crippen LogP contribution in [0, 0.1) is 0 Å². The number of nitrogens with one attached hydrogen (secondary N) is 2. The molecule has 5 heteroatoms. The SMILES string of the molecule is C[C@H](Nc1ccc(Cl)cc1)C(=O)Nc1cccc(Cl)c1. The van der Waals surface area contributed by atoms with E-state index in [1.165, 1.54) is 0 Å². The molecule has 0 aliphatic rings. The van der Waals surface area contributed by atoms with Crippen LogP contribution in [0.1, 0.15) is 6.92 Å². The summed E-state index contributed by atoms with van der Waals surface area (Å²) in [6.07, 6.45) is 0. The average molecular weight is 309 g/mol. The van der Waals surface area contributed by atoms with Crippen molar-refractivity contribution in [1.29, 1.82) is 0 Å². The first-order valence-electron chi connectivity index (χ1n) is 6.13. The Balaban J connectivity index is 1.96. The minimum Gasteiger partial charge on any atom is -0.374 e. The van der Waals surface area contributed by atoms with E-state index in [4.69, 9.17) is 23.2 Å². The van der Waals surface area contributed by atoms with Gasteiger partial charge in [-0.1, -0.05) is 29.3 Å². The van der Waals surface area contributed by atoms with Crippen molar-refractivity contribution in [2.45, 2.75) is 13.0 Å². The number of carbonyl (C=O) groups excluding carboxylic acids is 1. The summed E-state index contributed by atoms with van der Waals surface area (Å²) in [6.45, 7) is 1.79. The quantitative estimate of drug-likeness (QED) is 0.877. The van der Waals surface area contributed by atoms with Crippen LogP contribution in [0.15, 0.2) is 48.5 Å². The largest absolute Gasteiger partial charge is 0.374 e. The molecule has 0 aliphatic heterocycles. The molecule has 0 radical (unpaired) electrons. The first kappa shape index (κ1) is 14.7. The Hall–Kier alpha value is -1.71. The Morgan fingerprint density at radius 1 is 1.00 bits per heavy atom. The van der Waals surface area contributed by atoms with E-state index in [9.17, 15) is 4.79 Å². The number of rotatable bonds is 4. The minimum atomic E-state index is -0.379. The summed E-state index contributed by atoms with van der Waals surface area (Å²) >= 11 is 11.7. The van der Waals surface area contributed by atoms with Crippen molar-refractivity contribution in [1.82, 2.24) is 0 Å². The summed E-state index contributed by atoms with van der Waals surface area (Å²) in [5.74, 6) is -0.137. The second kappa shape index (κ2) is 6.64. The van der Waals surface area contributed by atoms with Gasteiger partial charge in [0.25, 0.3) is 0 Å². The molecule has 0 spiro atoms. The van der Waals surface area contributed by atoms with Crippen molar-refractivity contribution in [3.05, 3.63) is 58.6 Å². The van der Waals surface area contributed by atoms with Crippen LogP contribution < -0.4 is 10.6 Å². The van der Waals surface area contributed by atoms with Crippen molar-refractivity contribution in [3.8, 4) is 0 Å². The third kappa shape index (κ3) is 4.15. The molecule has 2 aromatic rings. The summed E-state index contributed by atoms with van der Waals surface area (Å²) in [7, 11) is 0. The van der Waals surface area contributed by atoms with Crippen molar-refractivity contribution in [3.63, 3.8) is 0 Å². The zero-order valence-electron chi connectivity index (χ0n) is 10.9. The van der Waals surface area contributed by atoms with Crippen molar-refractivity contribution in [2.75, 3.05) is 10.6 Å². The molecular weight excluding hydrogens is 295 g/mol. The molecule has 2 rings (SSSR count). The maximum Gasteiger partial charge on any atom is 0.246 e. The van der Waals surface area contributed by atoms with Gasteiger partial charge < -0.3 is 10.6 Å². The summed E-state index contributed by atoms with van der Waals surface area (Å²) in [6, 6.07) is 13.8. The fourth-order valence-corrected chi connectivity index (χ4v) is 1.99. The first-order valence-corrected chi connectivity index (χ1v) is 6.89. The molecule has 0 heterocycles. The van der Waals surface area contributed by atoms with Crippen LogP contribution in [-0.4, -0.2) is 11.9 Å². The Bertz CT molecular complexity index is 599. The molecule has 0 unspecified atom stereocenters. The van der Waals surface area contributed by atoms with Gasteiger partial charge in [0, 0.05) is 21.4 Å². The summed E-state index contributed by atoms with van der Waals surface area (Å²) in [5.41, 5.74) is 1.51. The molecular formula is C15H14Cl2N2O. The molecule has 3 nitrogen and oxygen atoms in total. The summed E-state index contributed by atoms with van der Waals surface area (Å²) < 4.78 is 0. The topological polar surface area (TPSA) is 41.1 Å². The van der Waals surface area contributed by atoms with Crippen LogP contribution in [-0.2, 0) is 4.79 Å². The third-order valence-electron chi connectivity index (χ3n) is 2.71. The highest BCUT2D eigenvalue weighted by molar-refractivity contribution is 6.31. The lowest BCUT2D eigenvalue weighted by molar-refractivity contribution is -0.116. The fourth-order valence-electron chi connectivity index (χ4n) is 1.68. The van der Waals surface area contributed by atoms with Gasteiger partial charge in [-0.25, -0.2) is 0 Å². The highest BCUT2D eigenvalue weighted by atomic mass is 35.5. The van der Waals surface area contributed by atoms with Crippen LogP contribution in [0.3, 0.4) is 0 Å². The fraction of sp³-hybridized carbons (Fsp3) is 0.133. The van der Waals surface area contributed by atoms with Gasteiger partial charge in [0.05, 0.1) is 0 Å². The van der Waals surface area contributed by atoms with Crippen molar-refractivity contribution in [2.24, 2.45) is 0 Å². The van der Waals surface area contributed by atoms with E-state index in [1.54, 1.807) is 43.3 Å². The molecule has 0 saturated heterocycles. The second-order valence-electron chi connectivity index (χ2n) is 4.37. The van der Waals surface area contributed by atoms with E-state index < -0.39 is 0 Å². The molecule has 2 aromatic carbocycles. The first-order chi connectivity index (χ1) is 9.54. The molecule has 20 heavy (non-hydrogen) atoms. The molecule has 0 fully saturated rings. The van der Waals surface area contributed by atoms with E-state index in [2.05, 4.69) is 10.6 Å². The number of hydrogen-bond acceptors (Lipinski definition) is 2. The highest BCUT2D eigenvalue weighted by Gasteiger charge is 2.12. The monoisotopic (exact) mass is 308 g/mol. The second-order valence-corrected chi connectivity index (χ2v) is 5.25. The Morgan fingerprint density at radius 2 is 1.70 bits per heavy atom. The van der Waals surface area contributed by atoms with Gasteiger partial charge in [0.2, 0.25) is 5.91 Å². The number of halogens is 2. The molecule has 1 atom stereocenters. The van der Waals surface area contributed by atoms with Crippen LogP contribution in [0.4, 0.5) is 11.4 Å². The zero-order valence-corrected chi connectivity index (χ0v) is 12.4. The van der Waals surface area contributed by atoms with E-state index in [1.807, 2.05) is 12.1 Å². The smallest absolute Gasteiger partial charge is 0.246 e. The lowest BCUT2D eigenvalue weighted by atomic mass is 10.2. The highest BCUT2D eigenvalue weighted by Crippen LogP contribution is 2.17. The van der Waals surface area contributed by atoms with Crippen LogP contribution >= 0.6 is 23.2 Å². The van der Waals surface area contributed by atoms with Crippen LogP contribution in [0.2, 0.25) is 10.0 Å². The van der Waals surface area contributed by atoms with Gasteiger partial charge in [-0.05, 0) is 49.4 Å². The third-order valence-corrected chi connectivity index (χ3v) is 3.20. The number of benzene rings is 2. The van der Waals surface area contributed by atoms with Crippen molar-refractivity contribution < 1.29 is 4.79 Å². The van der Waals surface area contributed by atoms with E-state index >= 15 is 0 Å². The number of anilines is 2. The minimum absolute atomic E-state index is 0.137. The Kier molecular flexibility index (Phi) is 4.88. The summed E-state index contributed by atoms with van der Waals surface area (Å²) in [4.78, 5) is 12.1. The predicted octanol–water partition coefficient (Wildman–Crippen LogP) is 4.43. The maximum absolute atomic E-state index is 12.1. The normalized spacial score (nSPS) is 11.8. The predicted molar refractivity (Wildman–Crippen MR) is 84.6 cm³/mol. The molecule has 1 amide bonds. The van der Waals surface area contributed by atoms with Gasteiger partial charge in [0.15, 0.2) is 0 Å². The van der Waals surface area contributed by atoms with Gasteiger partial charge in [-0.2, -0.15) is 0 Å². The van der Waals surface area contributed by atoms with Gasteiger partial charge in [-0.3, -0.25) is 4.79 Å². The van der Waals surface area contributed by atoms with Crippen LogP contribution in [0.5, 0.6) is 0 Å². The average Bonchev–Trinajstić information content (AvgIpc) is 2.41. The number of amides is 1. The molecule has 0 bridgehead atoms. The molecule has 104 valence electrons. The standard InChI is InChI=1S/C15H14Cl2N2O/c1-10(18-13-7-5-11(16)6-8-13)15(20)19-14-4-2-3-12(17)9-14/h2-10,18H,1H3,(H,19,20)/t10-/m0/s1. The van der Waals surface area contributed by atoms with E-state index in [0.29, 0.717) is 15.7 Å². The lowest BCUT2D eigenvalue weighted by Gasteiger charge is -2.15. The van der Waals surface area contributed by atoms with Crippen LogP contribution in [0.25, 0.3) is 0 Å². The van der Waals surface area contributed by atoms with Gasteiger partial charge in [-0.15, -0.1) is 0 Å². The lowest BCUT2D eigenvalue weighted by Crippen LogP contribution is -2.31. The zero-order chi connectivity index (χ0) is 14.5. The van der Waals surface area contributed by atoms with Gasteiger partial charge in [0.1, 0.15) is 6.04 Å². The Morgan fingerprint density at radius 3 is 2.35 bits per heavy atom. The summed E-state index contributed by atoms with van der Waals surface area (Å²) in [5, 5.41) is 7.15. The Labute approximate surface area is 127 Å². The molecule has 0 aromatic heterocycles. The van der Waals surface area contributed by atoms with E-state index in [0.717, 1.165) is 5.69 Å². The molecule has 2 N–H and O–H groups in total. The number of hydrogen-bond donors (Lipinski definition) is 2. The van der Waals surface area contributed by atoms with Crippen molar-refractivity contribution >= 4 is 40.5 Å². The number of carbonyl (C=O) groups is 1.